The van der Waals surface area contributed by atoms with E-state index >= 15 is 0 Å². The number of hydrogen-bond donors (Lipinski definition) is 0. The van der Waals surface area contributed by atoms with Crippen molar-refractivity contribution in [2.75, 3.05) is 4.90 Å². The molecule has 98 valence electrons. The fraction of sp³-hybridized carbons (Fsp3) is 0.467. The maximum absolute atomic E-state index is 12.6. The van der Waals surface area contributed by atoms with E-state index in [0.29, 0.717) is 17.5 Å². The summed E-state index contributed by atoms with van der Waals surface area (Å²) in [5.74, 6) is 0.901. The van der Waals surface area contributed by atoms with Crippen molar-refractivity contribution in [1.82, 2.24) is 0 Å². The zero-order valence-electron chi connectivity index (χ0n) is 10.4. The third-order valence-electron chi connectivity index (χ3n) is 5.01. The van der Waals surface area contributed by atoms with Gasteiger partial charge in [-0.25, -0.2) is 0 Å². The molecule has 2 aliphatic carbocycles. The second kappa shape index (κ2) is 3.92. The van der Waals surface area contributed by atoms with E-state index in [4.69, 9.17) is 0 Å². The van der Waals surface area contributed by atoms with Crippen LogP contribution in [-0.2, 0) is 9.59 Å². The number of fused-ring (bicyclic) bond motifs is 5. The predicted molar refractivity (Wildman–Crippen MR) is 74.4 cm³/mol. The van der Waals surface area contributed by atoms with Crippen LogP contribution in [0.5, 0.6) is 0 Å². The number of rotatable bonds is 1. The number of carbonyl (C=O) groups is 2. The van der Waals surface area contributed by atoms with Gasteiger partial charge in [-0.2, -0.15) is 0 Å². The van der Waals surface area contributed by atoms with Crippen LogP contribution >= 0.6 is 15.9 Å². The highest BCUT2D eigenvalue weighted by molar-refractivity contribution is 9.10. The maximum atomic E-state index is 12.6. The maximum Gasteiger partial charge on any atom is 0.237 e. The van der Waals surface area contributed by atoms with Gasteiger partial charge in [0.2, 0.25) is 11.8 Å². The SMILES string of the molecule is O=C1[C@H]2[C@H]3CC[C@@H](C3)[C@@H]2C(=O)N1c1ccc(Br)cc1. The van der Waals surface area contributed by atoms with Gasteiger partial charge in [-0.3, -0.25) is 14.5 Å². The number of amides is 2. The molecular weight excluding hydrogens is 306 g/mol. The zero-order chi connectivity index (χ0) is 13.1. The summed E-state index contributed by atoms with van der Waals surface area (Å²) in [5, 5.41) is 0. The molecule has 4 atom stereocenters. The molecule has 0 N–H and O–H groups in total. The van der Waals surface area contributed by atoms with Crippen molar-refractivity contribution in [3.05, 3.63) is 28.7 Å². The number of hydrogen-bond acceptors (Lipinski definition) is 2. The lowest BCUT2D eigenvalue weighted by Crippen LogP contribution is -2.32. The first-order valence-corrected chi connectivity index (χ1v) is 7.59. The van der Waals surface area contributed by atoms with Crippen LogP contribution < -0.4 is 4.90 Å². The lowest BCUT2D eigenvalue weighted by Gasteiger charge is -2.19. The zero-order valence-corrected chi connectivity index (χ0v) is 12.0. The van der Waals surface area contributed by atoms with E-state index in [9.17, 15) is 9.59 Å². The number of carbonyl (C=O) groups excluding carboxylic acids is 2. The standard InChI is InChI=1S/C15H14BrNO2/c16-10-3-5-11(6-4-10)17-14(18)12-8-1-2-9(7-8)13(12)15(17)19/h3-6,8-9,12-13H,1-2,7H2/t8-,9-,12-,13-/m0/s1. The topological polar surface area (TPSA) is 37.4 Å². The van der Waals surface area contributed by atoms with Crippen molar-refractivity contribution in [3.63, 3.8) is 0 Å². The quantitative estimate of drug-likeness (QED) is 0.746. The highest BCUT2D eigenvalue weighted by atomic mass is 79.9. The van der Waals surface area contributed by atoms with Gasteiger partial charge in [0.1, 0.15) is 0 Å². The van der Waals surface area contributed by atoms with Gasteiger partial charge in [0.05, 0.1) is 17.5 Å². The van der Waals surface area contributed by atoms with Crippen LogP contribution in [0.15, 0.2) is 28.7 Å². The van der Waals surface area contributed by atoms with Crippen LogP contribution in [-0.4, -0.2) is 11.8 Å². The predicted octanol–water partition coefficient (Wildman–Crippen LogP) is 2.98. The van der Waals surface area contributed by atoms with Crippen molar-refractivity contribution in [2.24, 2.45) is 23.7 Å². The lowest BCUT2D eigenvalue weighted by atomic mass is 9.81. The summed E-state index contributed by atoms with van der Waals surface area (Å²) < 4.78 is 0.954. The smallest absolute Gasteiger partial charge is 0.237 e. The second-order valence-corrected chi connectivity index (χ2v) is 6.79. The van der Waals surface area contributed by atoms with Gasteiger partial charge in [-0.05, 0) is 55.4 Å². The highest BCUT2D eigenvalue weighted by Crippen LogP contribution is 2.56. The molecule has 3 nitrogen and oxygen atoms in total. The number of benzene rings is 1. The first-order valence-electron chi connectivity index (χ1n) is 6.80. The Morgan fingerprint density at radius 2 is 1.47 bits per heavy atom. The molecule has 1 aliphatic heterocycles. The molecule has 0 spiro atoms. The molecule has 1 saturated heterocycles. The Morgan fingerprint density at radius 3 is 2.00 bits per heavy atom. The van der Waals surface area contributed by atoms with Gasteiger partial charge in [-0.1, -0.05) is 15.9 Å². The van der Waals surface area contributed by atoms with E-state index in [-0.39, 0.29) is 23.7 Å². The van der Waals surface area contributed by atoms with Gasteiger partial charge in [0, 0.05) is 4.47 Å². The molecule has 2 amide bonds. The van der Waals surface area contributed by atoms with Crippen LogP contribution in [0.3, 0.4) is 0 Å². The fourth-order valence-corrected chi connectivity index (χ4v) is 4.52. The third-order valence-corrected chi connectivity index (χ3v) is 5.54. The molecule has 1 aromatic carbocycles. The van der Waals surface area contributed by atoms with Crippen LogP contribution in [0.4, 0.5) is 5.69 Å². The van der Waals surface area contributed by atoms with E-state index in [2.05, 4.69) is 15.9 Å². The summed E-state index contributed by atoms with van der Waals surface area (Å²) in [6, 6.07) is 7.42. The molecular formula is C15H14BrNO2. The van der Waals surface area contributed by atoms with Crippen LogP contribution in [0.25, 0.3) is 0 Å². The Balaban J connectivity index is 1.73. The summed E-state index contributed by atoms with van der Waals surface area (Å²) in [7, 11) is 0. The van der Waals surface area contributed by atoms with Gasteiger partial charge in [-0.15, -0.1) is 0 Å². The van der Waals surface area contributed by atoms with E-state index in [1.807, 2.05) is 24.3 Å². The first kappa shape index (κ1) is 11.6. The van der Waals surface area contributed by atoms with E-state index in [1.54, 1.807) is 0 Å². The normalized spacial score (nSPS) is 36.2. The third kappa shape index (κ3) is 1.49. The summed E-state index contributed by atoms with van der Waals surface area (Å²) >= 11 is 3.37. The molecule has 0 unspecified atom stereocenters. The number of halogens is 1. The molecule has 3 fully saturated rings. The fourth-order valence-electron chi connectivity index (χ4n) is 4.25. The summed E-state index contributed by atoms with van der Waals surface area (Å²) in [6.45, 7) is 0. The second-order valence-electron chi connectivity index (χ2n) is 5.87. The minimum Gasteiger partial charge on any atom is -0.274 e. The van der Waals surface area contributed by atoms with Crippen LogP contribution in [0.2, 0.25) is 0 Å². The summed E-state index contributed by atoms with van der Waals surface area (Å²) in [4.78, 5) is 26.6. The van der Waals surface area contributed by atoms with Gasteiger partial charge >= 0.3 is 0 Å². The van der Waals surface area contributed by atoms with E-state index < -0.39 is 0 Å². The molecule has 3 aliphatic rings. The Bertz CT molecular complexity index is 540. The average Bonchev–Trinajstić information content (AvgIpc) is 3.06. The minimum atomic E-state index is -0.0325. The van der Waals surface area contributed by atoms with E-state index in [0.717, 1.165) is 23.7 Å². The molecule has 0 radical (unpaired) electrons. The van der Waals surface area contributed by atoms with E-state index in [1.165, 1.54) is 4.90 Å². The van der Waals surface area contributed by atoms with Crippen molar-refractivity contribution >= 4 is 33.4 Å². The van der Waals surface area contributed by atoms with Crippen molar-refractivity contribution in [1.29, 1.82) is 0 Å². The molecule has 2 bridgehead atoms. The van der Waals surface area contributed by atoms with Crippen LogP contribution in [0.1, 0.15) is 19.3 Å². The number of imide groups is 1. The Hall–Kier alpha value is -1.16. The Labute approximate surface area is 120 Å². The number of nitrogens with zero attached hydrogens (tertiary/aromatic N) is 1. The summed E-state index contributed by atoms with van der Waals surface area (Å²) in [6.07, 6.45) is 3.33. The first-order chi connectivity index (χ1) is 9.16. The molecule has 0 aromatic heterocycles. The van der Waals surface area contributed by atoms with Gasteiger partial charge in [0.25, 0.3) is 0 Å². The molecule has 19 heavy (non-hydrogen) atoms. The van der Waals surface area contributed by atoms with Crippen LogP contribution in [0, 0.1) is 23.7 Å². The summed E-state index contributed by atoms with van der Waals surface area (Å²) in [5.41, 5.74) is 0.715. The lowest BCUT2D eigenvalue weighted by molar-refractivity contribution is -0.123. The van der Waals surface area contributed by atoms with Crippen molar-refractivity contribution in [3.8, 4) is 0 Å². The highest BCUT2D eigenvalue weighted by Gasteiger charge is 2.61. The monoisotopic (exact) mass is 319 g/mol. The molecule has 1 heterocycles. The average molecular weight is 320 g/mol. The molecule has 1 aromatic rings. The molecule has 2 saturated carbocycles. The minimum absolute atomic E-state index is 0.0320. The molecule has 4 rings (SSSR count). The van der Waals surface area contributed by atoms with Crippen molar-refractivity contribution < 1.29 is 9.59 Å². The Kier molecular flexibility index (Phi) is 2.40. The number of anilines is 1. The van der Waals surface area contributed by atoms with Gasteiger partial charge < -0.3 is 0 Å². The Morgan fingerprint density at radius 1 is 0.947 bits per heavy atom. The molecule has 4 heteroatoms. The van der Waals surface area contributed by atoms with Crippen molar-refractivity contribution in [2.45, 2.75) is 19.3 Å². The van der Waals surface area contributed by atoms with Gasteiger partial charge in [0.15, 0.2) is 0 Å². The largest absolute Gasteiger partial charge is 0.274 e.